The first-order chi connectivity index (χ1) is 11.0. The van der Waals surface area contributed by atoms with Crippen LogP contribution in [-0.4, -0.2) is 35.9 Å². The van der Waals surface area contributed by atoms with Crippen LogP contribution in [0.25, 0.3) is 0 Å². The summed E-state index contributed by atoms with van der Waals surface area (Å²) < 4.78 is 5.60. The third-order valence-electron chi connectivity index (χ3n) is 4.40. The Morgan fingerprint density at radius 3 is 2.57 bits per heavy atom. The Balaban J connectivity index is 1.82. The highest BCUT2D eigenvalue weighted by Gasteiger charge is 2.24. The Labute approximate surface area is 137 Å². The third-order valence-corrected chi connectivity index (χ3v) is 4.40. The summed E-state index contributed by atoms with van der Waals surface area (Å²) in [6.07, 6.45) is 3.83. The number of hydrogen-bond acceptors (Lipinski definition) is 3. The van der Waals surface area contributed by atoms with Crippen molar-refractivity contribution in [1.29, 1.82) is 0 Å². The first kappa shape index (κ1) is 17.3. The predicted molar refractivity (Wildman–Crippen MR) is 89.3 cm³/mol. The molecule has 5 nitrogen and oxygen atoms in total. The number of benzene rings is 1. The molecule has 0 unspecified atom stereocenters. The molecule has 1 aliphatic rings. The van der Waals surface area contributed by atoms with Gasteiger partial charge in [0.2, 0.25) is 11.8 Å². The summed E-state index contributed by atoms with van der Waals surface area (Å²) in [5.41, 5.74) is 5.64. The van der Waals surface area contributed by atoms with E-state index in [0.29, 0.717) is 36.3 Å². The van der Waals surface area contributed by atoms with Crippen molar-refractivity contribution in [3.05, 3.63) is 29.8 Å². The van der Waals surface area contributed by atoms with Gasteiger partial charge in [-0.3, -0.25) is 9.59 Å². The van der Waals surface area contributed by atoms with Crippen LogP contribution in [0.3, 0.4) is 0 Å². The van der Waals surface area contributed by atoms with Gasteiger partial charge in [-0.25, -0.2) is 0 Å². The van der Waals surface area contributed by atoms with Crippen LogP contribution < -0.4 is 10.5 Å². The fraction of sp³-hybridized carbons (Fsp3) is 0.556. The van der Waals surface area contributed by atoms with Crippen molar-refractivity contribution < 1.29 is 14.3 Å². The van der Waals surface area contributed by atoms with Gasteiger partial charge in [0.15, 0.2) is 0 Å². The molecular weight excluding hydrogens is 292 g/mol. The molecule has 1 heterocycles. The average Bonchev–Trinajstić information content (AvgIpc) is 2.69. The lowest BCUT2D eigenvalue weighted by atomic mass is 10.1. The Hall–Kier alpha value is -2.04. The molecule has 0 aromatic heterocycles. The zero-order chi connectivity index (χ0) is 16.8. The molecule has 0 bridgehead atoms. The minimum atomic E-state index is -0.462. The van der Waals surface area contributed by atoms with Gasteiger partial charge in [0.25, 0.3) is 0 Å². The van der Waals surface area contributed by atoms with Crippen LogP contribution in [0.4, 0.5) is 0 Å². The molecule has 2 rings (SSSR count). The number of nitrogens with zero attached hydrogens (tertiary/aromatic N) is 1. The zero-order valence-electron chi connectivity index (χ0n) is 14.0. The molecule has 2 atom stereocenters. The summed E-state index contributed by atoms with van der Waals surface area (Å²) in [6.45, 7) is 5.51. The van der Waals surface area contributed by atoms with Crippen molar-refractivity contribution in [2.24, 2.45) is 11.7 Å². The number of rotatable bonds is 5. The largest absolute Gasteiger partial charge is 0.493 e. The minimum Gasteiger partial charge on any atom is -0.493 e. The van der Waals surface area contributed by atoms with Crippen molar-refractivity contribution in [1.82, 2.24) is 4.90 Å². The number of carbonyl (C=O) groups is 2. The Kier molecular flexibility index (Phi) is 6.02. The van der Waals surface area contributed by atoms with Crippen molar-refractivity contribution in [3.8, 4) is 5.75 Å². The van der Waals surface area contributed by atoms with Crippen LogP contribution in [0.1, 0.15) is 49.9 Å². The van der Waals surface area contributed by atoms with E-state index in [2.05, 4.69) is 13.8 Å². The molecule has 5 heteroatoms. The number of carbonyl (C=O) groups excluding carboxylic acids is 2. The normalized spacial score (nSPS) is 21.6. The van der Waals surface area contributed by atoms with Crippen LogP contribution >= 0.6 is 0 Å². The molecule has 1 aliphatic heterocycles. The van der Waals surface area contributed by atoms with Crippen LogP contribution in [0.5, 0.6) is 5.75 Å². The van der Waals surface area contributed by atoms with Gasteiger partial charge in [0.1, 0.15) is 5.75 Å². The fourth-order valence-electron chi connectivity index (χ4n) is 2.99. The van der Waals surface area contributed by atoms with Crippen molar-refractivity contribution in [3.63, 3.8) is 0 Å². The lowest BCUT2D eigenvalue weighted by Crippen LogP contribution is -2.40. The van der Waals surface area contributed by atoms with E-state index < -0.39 is 5.91 Å². The van der Waals surface area contributed by atoms with Crippen molar-refractivity contribution in [2.75, 3.05) is 13.2 Å². The number of nitrogens with two attached hydrogens (primary N) is 1. The van der Waals surface area contributed by atoms with E-state index in [1.165, 1.54) is 12.8 Å². The molecule has 2 amide bonds. The SMILES string of the molecule is C[C@H]1CCC[C@@H](C)N(C(=O)CCOc2ccc(C(N)=O)cc2)C1. The van der Waals surface area contributed by atoms with E-state index in [9.17, 15) is 9.59 Å². The smallest absolute Gasteiger partial charge is 0.248 e. The second-order valence-corrected chi connectivity index (χ2v) is 6.42. The maximum Gasteiger partial charge on any atom is 0.248 e. The summed E-state index contributed by atoms with van der Waals surface area (Å²) in [6, 6.07) is 6.95. The van der Waals surface area contributed by atoms with Gasteiger partial charge >= 0.3 is 0 Å². The molecule has 2 N–H and O–H groups in total. The minimum absolute atomic E-state index is 0.153. The van der Waals surface area contributed by atoms with E-state index in [-0.39, 0.29) is 5.91 Å². The quantitative estimate of drug-likeness (QED) is 0.907. The monoisotopic (exact) mass is 318 g/mol. The van der Waals surface area contributed by atoms with Crippen LogP contribution in [-0.2, 0) is 4.79 Å². The molecule has 0 saturated carbocycles. The Morgan fingerprint density at radius 1 is 1.22 bits per heavy atom. The number of amides is 2. The maximum atomic E-state index is 12.4. The lowest BCUT2D eigenvalue weighted by Gasteiger charge is -2.28. The second-order valence-electron chi connectivity index (χ2n) is 6.42. The van der Waals surface area contributed by atoms with E-state index in [1.54, 1.807) is 24.3 Å². The predicted octanol–water partition coefficient (Wildman–Crippen LogP) is 2.59. The van der Waals surface area contributed by atoms with Gasteiger partial charge in [-0.1, -0.05) is 13.3 Å². The Bertz CT molecular complexity index is 542. The van der Waals surface area contributed by atoms with Crippen LogP contribution in [0.2, 0.25) is 0 Å². The highest BCUT2D eigenvalue weighted by molar-refractivity contribution is 5.92. The molecule has 0 aliphatic carbocycles. The Morgan fingerprint density at radius 2 is 1.91 bits per heavy atom. The summed E-state index contributed by atoms with van der Waals surface area (Å²) in [5.74, 6) is 0.891. The molecule has 1 aromatic carbocycles. The molecule has 126 valence electrons. The van der Waals surface area contributed by atoms with E-state index >= 15 is 0 Å². The fourth-order valence-corrected chi connectivity index (χ4v) is 2.99. The zero-order valence-corrected chi connectivity index (χ0v) is 14.0. The van der Waals surface area contributed by atoms with Gasteiger partial charge in [0, 0.05) is 18.2 Å². The lowest BCUT2D eigenvalue weighted by molar-refractivity contribution is -0.134. The van der Waals surface area contributed by atoms with Crippen LogP contribution in [0.15, 0.2) is 24.3 Å². The number of ether oxygens (including phenoxy) is 1. The maximum absolute atomic E-state index is 12.4. The van der Waals surface area contributed by atoms with Crippen molar-refractivity contribution in [2.45, 2.75) is 45.6 Å². The van der Waals surface area contributed by atoms with Gasteiger partial charge in [0.05, 0.1) is 13.0 Å². The first-order valence-corrected chi connectivity index (χ1v) is 8.29. The average molecular weight is 318 g/mol. The van der Waals surface area contributed by atoms with E-state index in [1.807, 2.05) is 4.90 Å². The summed E-state index contributed by atoms with van der Waals surface area (Å²) in [5, 5.41) is 0. The number of hydrogen-bond donors (Lipinski definition) is 1. The summed E-state index contributed by atoms with van der Waals surface area (Å²) in [7, 11) is 0. The molecule has 1 fully saturated rings. The number of likely N-dealkylation sites (tertiary alicyclic amines) is 1. The topological polar surface area (TPSA) is 72.6 Å². The van der Waals surface area contributed by atoms with E-state index in [0.717, 1.165) is 13.0 Å². The second kappa shape index (κ2) is 7.99. The molecule has 0 radical (unpaired) electrons. The third kappa shape index (κ3) is 4.98. The van der Waals surface area contributed by atoms with Gasteiger partial charge in [-0.2, -0.15) is 0 Å². The molecule has 1 aromatic rings. The van der Waals surface area contributed by atoms with Gasteiger partial charge in [-0.15, -0.1) is 0 Å². The highest BCUT2D eigenvalue weighted by atomic mass is 16.5. The summed E-state index contributed by atoms with van der Waals surface area (Å²) in [4.78, 5) is 25.4. The molecule has 1 saturated heterocycles. The first-order valence-electron chi connectivity index (χ1n) is 8.29. The van der Waals surface area contributed by atoms with Crippen molar-refractivity contribution >= 4 is 11.8 Å². The molecule has 23 heavy (non-hydrogen) atoms. The van der Waals surface area contributed by atoms with E-state index in [4.69, 9.17) is 10.5 Å². The standard InChI is InChI=1S/C18H26N2O3/c1-13-4-3-5-14(2)20(12-13)17(21)10-11-23-16-8-6-15(7-9-16)18(19)22/h6-9,13-14H,3-5,10-12H2,1-2H3,(H2,19,22)/t13-,14+/m0/s1. The molecule has 0 spiro atoms. The van der Waals surface area contributed by atoms with Gasteiger partial charge in [-0.05, 0) is 49.9 Å². The molecular formula is C18H26N2O3. The van der Waals surface area contributed by atoms with Crippen LogP contribution in [0, 0.1) is 5.92 Å². The highest BCUT2D eigenvalue weighted by Crippen LogP contribution is 2.21. The van der Waals surface area contributed by atoms with Gasteiger partial charge < -0.3 is 15.4 Å². The number of primary amides is 1. The summed E-state index contributed by atoms with van der Waals surface area (Å²) >= 11 is 0.